The van der Waals surface area contributed by atoms with Gasteiger partial charge < -0.3 is 9.64 Å². The van der Waals surface area contributed by atoms with Gasteiger partial charge in [0.15, 0.2) is 0 Å². The monoisotopic (exact) mass is 221 g/mol. The number of halogens is 1. The molecule has 0 aliphatic carbocycles. The second-order valence-corrected chi connectivity index (χ2v) is 3.76. The molecule has 66 valence electrons. The highest BCUT2D eigenvalue weighted by molar-refractivity contribution is 9.09. The minimum Gasteiger partial charge on any atom is -0.381 e. The number of piperidine rings is 1. The number of rotatable bonds is 3. The zero-order valence-corrected chi connectivity index (χ0v) is 8.64. The van der Waals surface area contributed by atoms with E-state index in [9.17, 15) is 0 Å². The molecule has 0 aromatic carbocycles. The van der Waals surface area contributed by atoms with E-state index in [4.69, 9.17) is 4.74 Å². The molecule has 11 heavy (non-hydrogen) atoms. The van der Waals surface area contributed by atoms with E-state index in [1.165, 1.54) is 32.5 Å². The molecule has 1 heterocycles. The highest BCUT2D eigenvalue weighted by Crippen LogP contribution is 2.12. The molecular formula is C8H16BrNO. The Bertz CT molecular complexity index is 102. The van der Waals surface area contributed by atoms with Crippen LogP contribution in [0.3, 0.4) is 0 Å². The molecule has 0 spiro atoms. The predicted octanol–water partition coefficient (Wildman–Crippen LogP) is 1.49. The smallest absolute Gasteiger partial charge is 0.0595 e. The third-order valence-electron chi connectivity index (χ3n) is 2.27. The normalized spacial score (nSPS) is 22.4. The van der Waals surface area contributed by atoms with Crippen molar-refractivity contribution in [2.75, 3.05) is 32.1 Å². The molecule has 0 radical (unpaired) electrons. The second-order valence-electron chi connectivity index (χ2n) is 2.97. The molecule has 0 N–H and O–H groups in total. The average molecular weight is 222 g/mol. The van der Waals surface area contributed by atoms with Crippen molar-refractivity contribution in [2.45, 2.75) is 18.9 Å². The maximum Gasteiger partial charge on any atom is 0.0595 e. The van der Waals surface area contributed by atoms with Gasteiger partial charge in [-0.3, -0.25) is 0 Å². The third-order valence-corrected chi connectivity index (χ3v) is 2.62. The van der Waals surface area contributed by atoms with Crippen molar-refractivity contribution >= 4 is 15.9 Å². The summed E-state index contributed by atoms with van der Waals surface area (Å²) in [5.74, 6) is 0. The highest BCUT2D eigenvalue weighted by Gasteiger charge is 2.17. The lowest BCUT2D eigenvalue weighted by Crippen LogP contribution is -2.37. The number of likely N-dealkylation sites (tertiary alicyclic amines) is 1. The fraction of sp³-hybridized carbons (Fsp3) is 1.00. The van der Waals surface area contributed by atoms with E-state index in [-0.39, 0.29) is 0 Å². The molecule has 1 aliphatic rings. The van der Waals surface area contributed by atoms with Crippen molar-refractivity contribution in [3.8, 4) is 0 Å². The molecule has 1 fully saturated rings. The molecule has 0 unspecified atom stereocenters. The van der Waals surface area contributed by atoms with Crippen LogP contribution in [0, 0.1) is 0 Å². The Hall–Kier alpha value is 0.400. The molecule has 2 nitrogen and oxygen atoms in total. The standard InChI is InChI=1S/C8H16BrNO/c1-11-8-2-5-10(6-3-8)7-4-9/h8H,2-7H2,1H3. The quantitative estimate of drug-likeness (QED) is 0.671. The fourth-order valence-corrected chi connectivity index (χ4v) is 1.99. The van der Waals surface area contributed by atoms with Crippen LogP contribution in [0.15, 0.2) is 0 Å². The maximum absolute atomic E-state index is 5.28. The SMILES string of the molecule is COC1CCN(CCBr)CC1. The van der Waals surface area contributed by atoms with Crippen LogP contribution in [-0.2, 0) is 4.74 Å². The van der Waals surface area contributed by atoms with Crippen LogP contribution in [0.5, 0.6) is 0 Å². The van der Waals surface area contributed by atoms with Gasteiger partial charge in [-0.2, -0.15) is 0 Å². The summed E-state index contributed by atoms with van der Waals surface area (Å²) in [6, 6.07) is 0. The Labute approximate surface area is 77.0 Å². The summed E-state index contributed by atoms with van der Waals surface area (Å²) in [7, 11) is 1.81. The molecule has 0 bridgehead atoms. The van der Waals surface area contributed by atoms with Gasteiger partial charge in [-0.25, -0.2) is 0 Å². The summed E-state index contributed by atoms with van der Waals surface area (Å²) in [4.78, 5) is 2.48. The summed E-state index contributed by atoms with van der Waals surface area (Å²) < 4.78 is 5.28. The number of alkyl halides is 1. The van der Waals surface area contributed by atoms with Gasteiger partial charge in [0.05, 0.1) is 6.10 Å². The van der Waals surface area contributed by atoms with Crippen LogP contribution in [0.4, 0.5) is 0 Å². The summed E-state index contributed by atoms with van der Waals surface area (Å²) in [6.45, 7) is 3.57. The first kappa shape index (κ1) is 9.49. The van der Waals surface area contributed by atoms with E-state index in [0.29, 0.717) is 6.10 Å². The lowest BCUT2D eigenvalue weighted by molar-refractivity contribution is 0.0431. The van der Waals surface area contributed by atoms with Crippen LogP contribution in [0.2, 0.25) is 0 Å². The summed E-state index contributed by atoms with van der Waals surface area (Å²) in [6.07, 6.45) is 2.91. The Morgan fingerprint density at radius 2 is 2.09 bits per heavy atom. The van der Waals surface area contributed by atoms with E-state index < -0.39 is 0 Å². The van der Waals surface area contributed by atoms with Crippen LogP contribution in [0.1, 0.15) is 12.8 Å². The lowest BCUT2D eigenvalue weighted by Gasteiger charge is -2.30. The Morgan fingerprint density at radius 3 is 2.55 bits per heavy atom. The van der Waals surface area contributed by atoms with Crippen molar-refractivity contribution in [1.29, 1.82) is 0 Å². The van der Waals surface area contributed by atoms with Crippen LogP contribution in [-0.4, -0.2) is 43.1 Å². The molecular weight excluding hydrogens is 206 g/mol. The van der Waals surface area contributed by atoms with Crippen molar-refractivity contribution in [1.82, 2.24) is 4.90 Å². The first-order chi connectivity index (χ1) is 5.36. The molecule has 1 rings (SSSR count). The Kier molecular flexibility index (Phi) is 4.41. The van der Waals surface area contributed by atoms with Gasteiger partial charge in [-0.05, 0) is 12.8 Å². The van der Waals surface area contributed by atoms with E-state index in [0.717, 1.165) is 5.33 Å². The van der Waals surface area contributed by atoms with Gasteiger partial charge >= 0.3 is 0 Å². The fourth-order valence-electron chi connectivity index (χ4n) is 1.49. The molecule has 0 saturated carbocycles. The predicted molar refractivity (Wildman–Crippen MR) is 50.3 cm³/mol. The summed E-state index contributed by atoms with van der Waals surface area (Å²) in [5.41, 5.74) is 0. The van der Waals surface area contributed by atoms with Crippen LogP contribution >= 0.6 is 15.9 Å². The van der Waals surface area contributed by atoms with Gasteiger partial charge in [-0.15, -0.1) is 0 Å². The first-order valence-corrected chi connectivity index (χ1v) is 5.30. The number of hydrogen-bond acceptors (Lipinski definition) is 2. The van der Waals surface area contributed by atoms with Gasteiger partial charge in [0, 0.05) is 32.1 Å². The van der Waals surface area contributed by atoms with Gasteiger partial charge in [0.25, 0.3) is 0 Å². The Morgan fingerprint density at radius 1 is 1.45 bits per heavy atom. The van der Waals surface area contributed by atoms with Gasteiger partial charge in [-0.1, -0.05) is 15.9 Å². The Balaban J connectivity index is 2.14. The number of hydrogen-bond donors (Lipinski definition) is 0. The average Bonchev–Trinajstić information content (AvgIpc) is 2.07. The van der Waals surface area contributed by atoms with Crippen molar-refractivity contribution in [2.24, 2.45) is 0 Å². The van der Waals surface area contributed by atoms with Crippen molar-refractivity contribution < 1.29 is 4.74 Å². The van der Waals surface area contributed by atoms with Crippen molar-refractivity contribution in [3.63, 3.8) is 0 Å². The van der Waals surface area contributed by atoms with Gasteiger partial charge in [0.2, 0.25) is 0 Å². The lowest BCUT2D eigenvalue weighted by atomic mass is 10.1. The van der Waals surface area contributed by atoms with Crippen LogP contribution < -0.4 is 0 Å². The van der Waals surface area contributed by atoms with Crippen molar-refractivity contribution in [3.05, 3.63) is 0 Å². The topological polar surface area (TPSA) is 12.5 Å². The molecule has 0 aromatic rings. The summed E-state index contributed by atoms with van der Waals surface area (Å²) >= 11 is 3.44. The molecule has 3 heteroatoms. The van der Waals surface area contributed by atoms with Crippen LogP contribution in [0.25, 0.3) is 0 Å². The first-order valence-electron chi connectivity index (χ1n) is 4.18. The highest BCUT2D eigenvalue weighted by atomic mass is 79.9. The molecule has 0 atom stereocenters. The van der Waals surface area contributed by atoms with E-state index in [1.54, 1.807) is 0 Å². The molecule has 0 aromatic heterocycles. The minimum atomic E-state index is 0.515. The zero-order valence-electron chi connectivity index (χ0n) is 7.05. The number of ether oxygens (including phenoxy) is 1. The number of methoxy groups -OCH3 is 1. The number of nitrogens with zero attached hydrogens (tertiary/aromatic N) is 1. The second kappa shape index (κ2) is 5.12. The maximum atomic E-state index is 5.28. The van der Waals surface area contributed by atoms with E-state index in [2.05, 4.69) is 20.8 Å². The van der Waals surface area contributed by atoms with E-state index in [1.807, 2.05) is 7.11 Å². The molecule has 0 amide bonds. The molecule has 1 aliphatic heterocycles. The molecule has 1 saturated heterocycles. The van der Waals surface area contributed by atoms with Gasteiger partial charge in [0.1, 0.15) is 0 Å². The third kappa shape index (κ3) is 3.09. The minimum absolute atomic E-state index is 0.515. The van der Waals surface area contributed by atoms with E-state index >= 15 is 0 Å². The summed E-state index contributed by atoms with van der Waals surface area (Å²) in [5, 5.41) is 1.09. The zero-order chi connectivity index (χ0) is 8.10. The largest absolute Gasteiger partial charge is 0.381 e.